The first-order chi connectivity index (χ1) is 14.1. The van der Waals surface area contributed by atoms with E-state index in [1.54, 1.807) is 6.20 Å². The number of urea groups is 1. The number of benzene rings is 2. The molecule has 29 heavy (non-hydrogen) atoms. The van der Waals surface area contributed by atoms with E-state index >= 15 is 0 Å². The SMILES string of the molecule is CCC1CCc2cc(-c3ccc(NC(=O)Nc4ccccc4)cn3)ccc2C1=O. The molecule has 4 rings (SSSR count). The molecule has 1 atom stereocenters. The molecule has 1 aliphatic rings. The zero-order chi connectivity index (χ0) is 20.2. The van der Waals surface area contributed by atoms with Gasteiger partial charge in [-0.2, -0.15) is 0 Å². The minimum absolute atomic E-state index is 0.152. The highest BCUT2D eigenvalue weighted by Gasteiger charge is 2.26. The fraction of sp³-hybridized carbons (Fsp3) is 0.208. The Labute approximate surface area is 170 Å². The Hall–Kier alpha value is -3.47. The van der Waals surface area contributed by atoms with Crippen molar-refractivity contribution in [3.63, 3.8) is 0 Å². The molecule has 2 amide bonds. The summed E-state index contributed by atoms with van der Waals surface area (Å²) < 4.78 is 0. The van der Waals surface area contributed by atoms with Gasteiger partial charge in [-0.3, -0.25) is 9.78 Å². The van der Waals surface area contributed by atoms with E-state index in [2.05, 4.69) is 28.6 Å². The summed E-state index contributed by atoms with van der Waals surface area (Å²) in [5.74, 6) is 0.413. The summed E-state index contributed by atoms with van der Waals surface area (Å²) in [6, 6.07) is 18.6. The molecule has 0 radical (unpaired) electrons. The summed E-state index contributed by atoms with van der Waals surface area (Å²) in [6.45, 7) is 2.07. The number of ketones is 1. The number of anilines is 2. The van der Waals surface area contributed by atoms with Gasteiger partial charge < -0.3 is 10.6 Å². The van der Waals surface area contributed by atoms with Crippen LogP contribution in [0.2, 0.25) is 0 Å². The van der Waals surface area contributed by atoms with Crippen molar-refractivity contribution in [1.82, 2.24) is 4.98 Å². The molecule has 5 heteroatoms. The summed E-state index contributed by atoms with van der Waals surface area (Å²) in [7, 11) is 0. The van der Waals surface area contributed by atoms with Gasteiger partial charge >= 0.3 is 6.03 Å². The lowest BCUT2D eigenvalue weighted by atomic mass is 9.81. The van der Waals surface area contributed by atoms with Crippen molar-refractivity contribution in [3.05, 3.63) is 78.0 Å². The molecule has 1 aromatic heterocycles. The molecule has 0 aliphatic heterocycles. The van der Waals surface area contributed by atoms with Crippen LogP contribution in [0.25, 0.3) is 11.3 Å². The van der Waals surface area contributed by atoms with Crippen LogP contribution in [0.15, 0.2) is 66.9 Å². The molecule has 0 spiro atoms. The smallest absolute Gasteiger partial charge is 0.308 e. The number of fused-ring (bicyclic) bond motifs is 1. The number of carbonyl (C=O) groups is 2. The van der Waals surface area contributed by atoms with Crippen LogP contribution in [0.5, 0.6) is 0 Å². The largest absolute Gasteiger partial charge is 0.323 e. The quantitative estimate of drug-likeness (QED) is 0.619. The molecule has 2 N–H and O–H groups in total. The van der Waals surface area contributed by atoms with Gasteiger partial charge in [0.05, 0.1) is 17.6 Å². The number of nitrogens with one attached hydrogen (secondary N) is 2. The number of Topliss-reactive ketones (excluding diaryl/α,β-unsaturated/α-hetero) is 1. The van der Waals surface area contributed by atoms with E-state index in [0.717, 1.165) is 47.3 Å². The molecule has 1 aliphatic carbocycles. The predicted octanol–water partition coefficient (Wildman–Crippen LogP) is 5.55. The Morgan fingerprint density at radius 3 is 2.55 bits per heavy atom. The van der Waals surface area contributed by atoms with Crippen molar-refractivity contribution in [2.45, 2.75) is 26.2 Å². The monoisotopic (exact) mass is 385 g/mol. The summed E-state index contributed by atoms with van der Waals surface area (Å²) >= 11 is 0. The van der Waals surface area contributed by atoms with Crippen LogP contribution >= 0.6 is 0 Å². The second kappa shape index (κ2) is 8.27. The molecular weight excluding hydrogens is 362 g/mol. The van der Waals surface area contributed by atoms with Crippen molar-refractivity contribution >= 4 is 23.2 Å². The molecule has 2 aromatic carbocycles. The van der Waals surface area contributed by atoms with Gasteiger partial charge in [-0.1, -0.05) is 37.3 Å². The number of hydrogen-bond acceptors (Lipinski definition) is 3. The van der Waals surface area contributed by atoms with Crippen molar-refractivity contribution < 1.29 is 9.59 Å². The van der Waals surface area contributed by atoms with E-state index in [-0.39, 0.29) is 17.7 Å². The van der Waals surface area contributed by atoms with Crippen LogP contribution in [0.1, 0.15) is 35.7 Å². The molecule has 3 aromatic rings. The van der Waals surface area contributed by atoms with E-state index in [1.807, 2.05) is 54.6 Å². The lowest BCUT2D eigenvalue weighted by Gasteiger charge is -2.22. The number of rotatable bonds is 4. The van der Waals surface area contributed by atoms with Crippen LogP contribution in [0.4, 0.5) is 16.2 Å². The number of para-hydroxylation sites is 1. The minimum atomic E-state index is -0.316. The van der Waals surface area contributed by atoms with Gasteiger partial charge in [-0.15, -0.1) is 0 Å². The summed E-state index contributed by atoms with van der Waals surface area (Å²) in [5, 5.41) is 5.55. The predicted molar refractivity (Wildman–Crippen MR) is 115 cm³/mol. The molecule has 146 valence electrons. The number of nitrogens with zero attached hydrogens (tertiary/aromatic N) is 1. The lowest BCUT2D eigenvalue weighted by molar-refractivity contribution is 0.0898. The van der Waals surface area contributed by atoms with E-state index in [9.17, 15) is 9.59 Å². The van der Waals surface area contributed by atoms with Gasteiger partial charge in [0.1, 0.15) is 0 Å². The van der Waals surface area contributed by atoms with Crippen molar-refractivity contribution in [2.24, 2.45) is 5.92 Å². The fourth-order valence-electron chi connectivity index (χ4n) is 3.72. The lowest BCUT2D eigenvalue weighted by Crippen LogP contribution is -2.21. The summed E-state index contributed by atoms with van der Waals surface area (Å²) in [4.78, 5) is 29.1. The Kier molecular flexibility index (Phi) is 5.38. The molecule has 0 bridgehead atoms. The van der Waals surface area contributed by atoms with Crippen molar-refractivity contribution in [3.8, 4) is 11.3 Å². The van der Waals surface area contributed by atoms with Gasteiger partial charge in [0.15, 0.2) is 5.78 Å². The van der Waals surface area contributed by atoms with E-state index < -0.39 is 0 Å². The van der Waals surface area contributed by atoms with Crippen molar-refractivity contribution in [1.29, 1.82) is 0 Å². The molecule has 0 fully saturated rings. The highest BCUT2D eigenvalue weighted by molar-refractivity contribution is 6.01. The average molecular weight is 385 g/mol. The Bertz CT molecular complexity index is 1030. The summed E-state index contributed by atoms with van der Waals surface area (Å²) in [5.41, 5.74) is 5.08. The van der Waals surface area contributed by atoms with E-state index in [1.165, 1.54) is 0 Å². The second-order valence-corrected chi connectivity index (χ2v) is 7.26. The zero-order valence-electron chi connectivity index (χ0n) is 16.3. The third-order valence-corrected chi connectivity index (χ3v) is 5.35. The van der Waals surface area contributed by atoms with Crippen LogP contribution < -0.4 is 10.6 Å². The van der Waals surface area contributed by atoms with E-state index in [4.69, 9.17) is 0 Å². The summed E-state index contributed by atoms with van der Waals surface area (Å²) in [6.07, 6.45) is 4.37. The van der Waals surface area contributed by atoms with Crippen LogP contribution in [0.3, 0.4) is 0 Å². The van der Waals surface area contributed by atoms with Gasteiger partial charge in [0.2, 0.25) is 0 Å². The van der Waals surface area contributed by atoms with Gasteiger partial charge in [-0.05, 0) is 55.2 Å². The minimum Gasteiger partial charge on any atom is -0.308 e. The Morgan fingerprint density at radius 1 is 1.03 bits per heavy atom. The first-order valence-corrected chi connectivity index (χ1v) is 9.90. The number of pyridine rings is 1. The Morgan fingerprint density at radius 2 is 1.83 bits per heavy atom. The third-order valence-electron chi connectivity index (χ3n) is 5.35. The van der Waals surface area contributed by atoms with Gasteiger partial charge in [0, 0.05) is 22.7 Å². The molecule has 0 saturated heterocycles. The van der Waals surface area contributed by atoms with Gasteiger partial charge in [0.25, 0.3) is 0 Å². The first-order valence-electron chi connectivity index (χ1n) is 9.90. The van der Waals surface area contributed by atoms with Crippen LogP contribution in [-0.2, 0) is 6.42 Å². The molecule has 0 saturated carbocycles. The number of aromatic nitrogens is 1. The maximum absolute atomic E-state index is 12.5. The molecule has 5 nitrogen and oxygen atoms in total. The fourth-order valence-corrected chi connectivity index (χ4v) is 3.72. The standard InChI is InChI=1S/C24H23N3O2/c1-2-16-8-9-17-14-18(10-12-21(17)23(16)28)22-13-11-20(15-25-22)27-24(29)26-19-6-4-3-5-7-19/h3-7,10-16H,2,8-9H2,1H3,(H2,26,27,29). The van der Waals surface area contributed by atoms with Crippen LogP contribution in [0, 0.1) is 5.92 Å². The normalized spacial score (nSPS) is 15.5. The first kappa shape index (κ1) is 18.9. The average Bonchev–Trinajstić information content (AvgIpc) is 2.75. The number of amides is 2. The maximum Gasteiger partial charge on any atom is 0.323 e. The highest BCUT2D eigenvalue weighted by Crippen LogP contribution is 2.30. The molecule has 1 unspecified atom stereocenters. The van der Waals surface area contributed by atoms with E-state index in [0.29, 0.717) is 5.69 Å². The Balaban J connectivity index is 1.46. The zero-order valence-corrected chi connectivity index (χ0v) is 16.3. The molecular formula is C24H23N3O2. The third kappa shape index (κ3) is 4.19. The van der Waals surface area contributed by atoms with Gasteiger partial charge in [-0.25, -0.2) is 4.79 Å². The number of hydrogen-bond donors (Lipinski definition) is 2. The molecule has 1 heterocycles. The number of aryl methyl sites for hydroxylation is 1. The second-order valence-electron chi connectivity index (χ2n) is 7.26. The van der Waals surface area contributed by atoms with Crippen LogP contribution in [-0.4, -0.2) is 16.8 Å². The number of carbonyl (C=O) groups excluding carboxylic acids is 2. The highest BCUT2D eigenvalue weighted by atomic mass is 16.2. The van der Waals surface area contributed by atoms with Crippen molar-refractivity contribution in [2.75, 3.05) is 10.6 Å². The maximum atomic E-state index is 12.5. The topological polar surface area (TPSA) is 71.1 Å².